The number of Topliss-reactive ketones (excluding diaryl/α,β-unsaturated/α-hetero) is 1. The van der Waals surface area contributed by atoms with Crippen molar-refractivity contribution in [2.75, 3.05) is 34.3 Å². The van der Waals surface area contributed by atoms with Gasteiger partial charge in [-0.05, 0) is 80.2 Å². The second-order valence-electron chi connectivity index (χ2n) is 10.5. The molecule has 0 spiro atoms. The average molecular weight is 493 g/mol. The molecule has 1 unspecified atom stereocenters. The van der Waals surface area contributed by atoms with Crippen LogP contribution in [0.25, 0.3) is 5.76 Å². The fourth-order valence-electron chi connectivity index (χ4n) is 4.80. The molecule has 0 radical (unpaired) electrons. The van der Waals surface area contributed by atoms with Gasteiger partial charge in [0.25, 0.3) is 11.7 Å². The lowest BCUT2D eigenvalue weighted by Crippen LogP contribution is -2.32. The van der Waals surface area contributed by atoms with Gasteiger partial charge in [0.15, 0.2) is 0 Å². The first kappa shape index (κ1) is 27.5. The molecular weight excluding hydrogens is 452 g/mol. The molecule has 36 heavy (non-hydrogen) atoms. The van der Waals surface area contributed by atoms with E-state index in [1.807, 2.05) is 57.4 Å². The number of ketones is 1. The Labute approximate surface area is 215 Å². The number of methoxy groups -OCH3 is 1. The molecule has 0 saturated carbocycles. The first-order chi connectivity index (χ1) is 17.0. The van der Waals surface area contributed by atoms with Gasteiger partial charge in [0.2, 0.25) is 0 Å². The van der Waals surface area contributed by atoms with Crippen molar-refractivity contribution in [1.29, 1.82) is 0 Å². The Morgan fingerprint density at radius 1 is 1.06 bits per heavy atom. The standard InChI is InChI=1S/C30H40N2O4/c1-18(2)21-10-12-22(13-11-21)27-26(29(34)30(35)32(27)15-9-14-31(6)7)28(33)24-17-23(19(3)4)25(36-8)16-20(24)5/h10-13,16-19,27,33H,9,14-15H2,1-8H3/b28-26+. The summed E-state index contributed by atoms with van der Waals surface area (Å²) in [6.07, 6.45) is 0.722. The van der Waals surface area contributed by atoms with E-state index in [0.717, 1.165) is 35.4 Å². The van der Waals surface area contributed by atoms with E-state index in [-0.39, 0.29) is 17.3 Å². The largest absolute Gasteiger partial charge is 0.507 e. The third-order valence-electron chi connectivity index (χ3n) is 6.92. The van der Waals surface area contributed by atoms with Crippen LogP contribution in [0.1, 0.15) is 79.8 Å². The number of amides is 1. The molecule has 2 aromatic carbocycles. The van der Waals surface area contributed by atoms with Crippen molar-refractivity contribution in [3.63, 3.8) is 0 Å². The van der Waals surface area contributed by atoms with Crippen molar-refractivity contribution in [2.24, 2.45) is 0 Å². The van der Waals surface area contributed by atoms with Crippen molar-refractivity contribution in [1.82, 2.24) is 9.80 Å². The Hall–Kier alpha value is -3.12. The highest BCUT2D eigenvalue weighted by Gasteiger charge is 2.46. The molecule has 1 saturated heterocycles. The second kappa shape index (κ2) is 11.3. The topological polar surface area (TPSA) is 70.1 Å². The molecule has 1 N–H and O–H groups in total. The van der Waals surface area contributed by atoms with Crippen LogP contribution in [-0.4, -0.2) is 60.9 Å². The third kappa shape index (κ3) is 5.49. The van der Waals surface area contributed by atoms with Crippen LogP contribution in [0.15, 0.2) is 42.0 Å². The number of carbonyl (C=O) groups excluding carboxylic acids is 2. The van der Waals surface area contributed by atoms with E-state index in [0.29, 0.717) is 18.0 Å². The molecule has 0 aliphatic carbocycles. The number of benzene rings is 2. The number of aliphatic hydroxyl groups is 1. The van der Waals surface area contributed by atoms with E-state index in [1.165, 1.54) is 5.56 Å². The lowest BCUT2D eigenvalue weighted by atomic mass is 9.90. The van der Waals surface area contributed by atoms with Gasteiger partial charge in [-0.3, -0.25) is 9.59 Å². The van der Waals surface area contributed by atoms with Crippen LogP contribution >= 0.6 is 0 Å². The maximum Gasteiger partial charge on any atom is 0.295 e. The average Bonchev–Trinajstić information content (AvgIpc) is 3.08. The number of hydrogen-bond acceptors (Lipinski definition) is 5. The summed E-state index contributed by atoms with van der Waals surface area (Å²) >= 11 is 0. The number of ether oxygens (including phenoxy) is 1. The first-order valence-electron chi connectivity index (χ1n) is 12.7. The van der Waals surface area contributed by atoms with E-state index in [4.69, 9.17) is 4.74 Å². The number of aryl methyl sites for hydroxylation is 1. The van der Waals surface area contributed by atoms with E-state index < -0.39 is 17.7 Å². The normalized spacial score (nSPS) is 17.6. The fraction of sp³-hybridized carbons (Fsp3) is 0.467. The zero-order valence-electron chi connectivity index (χ0n) is 22.9. The highest BCUT2D eigenvalue weighted by molar-refractivity contribution is 6.46. The van der Waals surface area contributed by atoms with E-state index in [1.54, 1.807) is 12.0 Å². The minimum Gasteiger partial charge on any atom is -0.507 e. The van der Waals surface area contributed by atoms with Gasteiger partial charge in [0, 0.05) is 12.1 Å². The number of rotatable bonds is 9. The van der Waals surface area contributed by atoms with Gasteiger partial charge in [-0.2, -0.15) is 0 Å². The lowest BCUT2D eigenvalue weighted by molar-refractivity contribution is -0.139. The van der Waals surface area contributed by atoms with Crippen LogP contribution in [0.3, 0.4) is 0 Å². The summed E-state index contributed by atoms with van der Waals surface area (Å²) in [5.41, 5.74) is 4.40. The zero-order valence-corrected chi connectivity index (χ0v) is 22.9. The molecule has 1 aliphatic heterocycles. The predicted octanol–water partition coefficient (Wildman–Crippen LogP) is 5.62. The van der Waals surface area contributed by atoms with Gasteiger partial charge in [0.05, 0.1) is 18.7 Å². The van der Waals surface area contributed by atoms with E-state index >= 15 is 0 Å². The molecular formula is C30H40N2O4. The van der Waals surface area contributed by atoms with Crippen LogP contribution in [0.2, 0.25) is 0 Å². The second-order valence-corrected chi connectivity index (χ2v) is 10.5. The van der Waals surface area contributed by atoms with E-state index in [2.05, 4.69) is 32.6 Å². The molecule has 6 heteroatoms. The predicted molar refractivity (Wildman–Crippen MR) is 145 cm³/mol. The summed E-state index contributed by atoms with van der Waals surface area (Å²) in [6, 6.07) is 11.1. The molecule has 6 nitrogen and oxygen atoms in total. The van der Waals surface area contributed by atoms with E-state index in [9.17, 15) is 14.7 Å². The Morgan fingerprint density at radius 2 is 1.69 bits per heavy atom. The Morgan fingerprint density at radius 3 is 2.22 bits per heavy atom. The zero-order chi connectivity index (χ0) is 26.7. The molecule has 1 aliphatic rings. The Bertz CT molecular complexity index is 1150. The summed E-state index contributed by atoms with van der Waals surface area (Å²) in [4.78, 5) is 30.3. The van der Waals surface area contributed by atoms with Crippen LogP contribution in [0, 0.1) is 6.92 Å². The van der Waals surface area contributed by atoms with Crippen molar-refractivity contribution >= 4 is 17.4 Å². The summed E-state index contributed by atoms with van der Waals surface area (Å²) < 4.78 is 5.56. The molecule has 1 amide bonds. The van der Waals surface area contributed by atoms with Crippen LogP contribution in [-0.2, 0) is 9.59 Å². The molecule has 1 heterocycles. The SMILES string of the molecule is COc1cc(C)c(/C(O)=C2\C(=O)C(=O)N(CCCN(C)C)C2c2ccc(C(C)C)cc2)cc1C(C)C. The van der Waals surface area contributed by atoms with Gasteiger partial charge in [-0.25, -0.2) is 0 Å². The molecule has 1 fully saturated rings. The Balaban J connectivity index is 2.19. The van der Waals surface area contributed by atoms with Gasteiger partial charge in [-0.1, -0.05) is 52.0 Å². The van der Waals surface area contributed by atoms with Gasteiger partial charge < -0.3 is 19.6 Å². The monoisotopic (exact) mass is 492 g/mol. The van der Waals surface area contributed by atoms with Crippen molar-refractivity contribution in [2.45, 2.75) is 58.9 Å². The first-order valence-corrected chi connectivity index (χ1v) is 12.7. The number of likely N-dealkylation sites (tertiary alicyclic amines) is 1. The smallest absolute Gasteiger partial charge is 0.295 e. The summed E-state index contributed by atoms with van der Waals surface area (Å²) in [5, 5.41) is 11.6. The number of aliphatic hydroxyl groups excluding tert-OH is 1. The maximum atomic E-state index is 13.4. The number of nitrogens with zero attached hydrogens (tertiary/aromatic N) is 2. The van der Waals surface area contributed by atoms with Crippen LogP contribution < -0.4 is 4.74 Å². The summed E-state index contributed by atoms with van der Waals surface area (Å²) in [7, 11) is 5.59. The molecule has 0 bridgehead atoms. The fourth-order valence-corrected chi connectivity index (χ4v) is 4.80. The minimum atomic E-state index is -0.642. The quantitative estimate of drug-likeness (QED) is 0.279. The molecule has 1 atom stereocenters. The molecule has 0 aromatic heterocycles. The summed E-state index contributed by atoms with van der Waals surface area (Å²) in [5.74, 6) is -0.0885. The Kier molecular flexibility index (Phi) is 8.62. The van der Waals surface area contributed by atoms with Crippen molar-refractivity contribution in [3.8, 4) is 5.75 Å². The van der Waals surface area contributed by atoms with Gasteiger partial charge in [-0.15, -0.1) is 0 Å². The minimum absolute atomic E-state index is 0.136. The molecule has 2 aromatic rings. The lowest BCUT2D eigenvalue weighted by Gasteiger charge is -2.26. The van der Waals surface area contributed by atoms with Crippen LogP contribution in [0.4, 0.5) is 0 Å². The van der Waals surface area contributed by atoms with Crippen molar-refractivity contribution < 1.29 is 19.4 Å². The van der Waals surface area contributed by atoms with Gasteiger partial charge >= 0.3 is 0 Å². The maximum absolute atomic E-state index is 13.4. The summed E-state index contributed by atoms with van der Waals surface area (Å²) in [6.45, 7) is 11.4. The van der Waals surface area contributed by atoms with Crippen molar-refractivity contribution in [3.05, 3.63) is 69.8 Å². The number of carbonyl (C=O) groups is 2. The van der Waals surface area contributed by atoms with Gasteiger partial charge in [0.1, 0.15) is 11.5 Å². The third-order valence-corrected chi connectivity index (χ3v) is 6.92. The number of hydrogen-bond donors (Lipinski definition) is 1. The molecule has 3 rings (SSSR count). The highest BCUT2D eigenvalue weighted by Crippen LogP contribution is 2.41. The van der Waals surface area contributed by atoms with Crippen LogP contribution in [0.5, 0.6) is 5.75 Å². The highest BCUT2D eigenvalue weighted by atomic mass is 16.5. The molecule has 194 valence electrons.